The number of hydrogen-bond acceptors (Lipinski definition) is 2. The zero-order valence-corrected chi connectivity index (χ0v) is 15.2. The summed E-state index contributed by atoms with van der Waals surface area (Å²) in [5.74, 6) is 0. The highest BCUT2D eigenvalue weighted by Gasteiger charge is 2.33. The van der Waals surface area contributed by atoms with E-state index in [1.807, 2.05) is 24.3 Å². The molecular formula is C20H15ClF3N3O. The van der Waals surface area contributed by atoms with E-state index >= 15 is 0 Å². The molecule has 0 bridgehead atoms. The van der Waals surface area contributed by atoms with Crippen LogP contribution in [0.4, 0.5) is 29.3 Å². The standard InChI is InChI=1S/C20H15ClF3N3O/c21-18-6-5-16(12-17(18)20(22,23)24)27-19(28)26-15-3-1-13(2-4-15)11-14-7-9-25-10-8-14/h1-10,12H,11H2,(H2,26,27,28). The van der Waals surface area contributed by atoms with Crippen molar-refractivity contribution in [3.63, 3.8) is 0 Å². The average molecular weight is 406 g/mol. The SMILES string of the molecule is O=C(Nc1ccc(Cc2ccncc2)cc1)Nc1ccc(Cl)c(C(F)(F)F)c1. The molecule has 0 aliphatic rings. The molecule has 0 spiro atoms. The highest BCUT2D eigenvalue weighted by molar-refractivity contribution is 6.31. The topological polar surface area (TPSA) is 54.0 Å². The van der Waals surface area contributed by atoms with Gasteiger partial charge in [0.15, 0.2) is 0 Å². The highest BCUT2D eigenvalue weighted by Crippen LogP contribution is 2.36. The van der Waals surface area contributed by atoms with Gasteiger partial charge < -0.3 is 10.6 Å². The molecule has 0 fully saturated rings. The number of anilines is 2. The summed E-state index contributed by atoms with van der Waals surface area (Å²) in [6, 6.07) is 13.5. The second kappa shape index (κ2) is 8.31. The first-order valence-electron chi connectivity index (χ1n) is 8.24. The molecule has 0 saturated heterocycles. The number of rotatable bonds is 4. The van der Waals surface area contributed by atoms with Crippen LogP contribution in [0.5, 0.6) is 0 Å². The first kappa shape index (κ1) is 19.7. The van der Waals surface area contributed by atoms with E-state index in [0.717, 1.165) is 29.7 Å². The number of pyridine rings is 1. The predicted octanol–water partition coefficient (Wildman–Crippen LogP) is 5.99. The number of nitrogens with zero attached hydrogens (tertiary/aromatic N) is 1. The molecule has 3 rings (SSSR count). The third kappa shape index (κ3) is 5.23. The van der Waals surface area contributed by atoms with Crippen molar-refractivity contribution in [2.75, 3.05) is 10.6 Å². The molecule has 4 nitrogen and oxygen atoms in total. The van der Waals surface area contributed by atoms with Gasteiger partial charge in [0, 0.05) is 23.8 Å². The van der Waals surface area contributed by atoms with Crippen LogP contribution >= 0.6 is 11.6 Å². The van der Waals surface area contributed by atoms with E-state index in [9.17, 15) is 18.0 Å². The van der Waals surface area contributed by atoms with Gasteiger partial charge in [-0.15, -0.1) is 0 Å². The maximum Gasteiger partial charge on any atom is 0.417 e. The Morgan fingerprint density at radius 2 is 1.46 bits per heavy atom. The molecule has 0 aliphatic carbocycles. The molecule has 0 unspecified atom stereocenters. The molecule has 0 saturated carbocycles. The Labute approximate surface area is 164 Å². The van der Waals surface area contributed by atoms with E-state index < -0.39 is 22.8 Å². The zero-order chi connectivity index (χ0) is 20.1. The first-order valence-corrected chi connectivity index (χ1v) is 8.61. The highest BCUT2D eigenvalue weighted by atomic mass is 35.5. The minimum atomic E-state index is -4.60. The number of alkyl halides is 3. The number of amides is 2. The lowest BCUT2D eigenvalue weighted by Gasteiger charge is -2.12. The van der Waals surface area contributed by atoms with Gasteiger partial charge in [0.25, 0.3) is 0 Å². The maximum absolute atomic E-state index is 12.9. The Kier molecular flexibility index (Phi) is 5.84. The third-order valence-electron chi connectivity index (χ3n) is 3.90. The third-order valence-corrected chi connectivity index (χ3v) is 4.23. The molecule has 8 heteroatoms. The number of halogens is 4. The van der Waals surface area contributed by atoms with Crippen LogP contribution in [0.25, 0.3) is 0 Å². The summed E-state index contributed by atoms with van der Waals surface area (Å²) in [5, 5.41) is 4.52. The monoisotopic (exact) mass is 405 g/mol. The molecule has 2 amide bonds. The summed E-state index contributed by atoms with van der Waals surface area (Å²) in [4.78, 5) is 16.0. The van der Waals surface area contributed by atoms with E-state index in [1.54, 1.807) is 24.5 Å². The fourth-order valence-corrected chi connectivity index (χ4v) is 2.78. The van der Waals surface area contributed by atoms with E-state index in [2.05, 4.69) is 15.6 Å². The molecule has 144 valence electrons. The number of nitrogens with one attached hydrogen (secondary N) is 2. The van der Waals surface area contributed by atoms with Gasteiger partial charge in [-0.2, -0.15) is 13.2 Å². The Balaban J connectivity index is 1.62. The van der Waals surface area contributed by atoms with Crippen LogP contribution in [-0.4, -0.2) is 11.0 Å². The van der Waals surface area contributed by atoms with Crippen LogP contribution in [0.2, 0.25) is 5.02 Å². The average Bonchev–Trinajstić information content (AvgIpc) is 2.65. The summed E-state index contributed by atoms with van der Waals surface area (Å²) >= 11 is 5.57. The van der Waals surface area contributed by atoms with Crippen molar-refractivity contribution in [3.05, 3.63) is 88.7 Å². The van der Waals surface area contributed by atoms with Crippen molar-refractivity contribution in [2.45, 2.75) is 12.6 Å². The van der Waals surface area contributed by atoms with Crippen LogP contribution in [-0.2, 0) is 12.6 Å². The van der Waals surface area contributed by atoms with Crippen molar-refractivity contribution < 1.29 is 18.0 Å². The number of urea groups is 1. The number of aromatic nitrogens is 1. The Bertz CT molecular complexity index is 961. The number of hydrogen-bond donors (Lipinski definition) is 2. The lowest BCUT2D eigenvalue weighted by molar-refractivity contribution is -0.137. The van der Waals surface area contributed by atoms with E-state index in [4.69, 9.17) is 11.6 Å². The Hall–Kier alpha value is -3.06. The van der Waals surface area contributed by atoms with Crippen molar-refractivity contribution in [3.8, 4) is 0 Å². The molecule has 3 aromatic rings. The zero-order valence-electron chi connectivity index (χ0n) is 14.4. The smallest absolute Gasteiger partial charge is 0.308 e. The van der Waals surface area contributed by atoms with Gasteiger partial charge >= 0.3 is 12.2 Å². The van der Waals surface area contributed by atoms with Crippen LogP contribution < -0.4 is 10.6 Å². The van der Waals surface area contributed by atoms with Gasteiger partial charge in [-0.3, -0.25) is 4.98 Å². The second-order valence-electron chi connectivity index (χ2n) is 6.00. The molecule has 2 N–H and O–H groups in total. The number of benzene rings is 2. The van der Waals surface area contributed by atoms with Gasteiger partial charge in [0.05, 0.1) is 10.6 Å². The van der Waals surface area contributed by atoms with E-state index in [0.29, 0.717) is 5.69 Å². The van der Waals surface area contributed by atoms with Crippen LogP contribution in [0.1, 0.15) is 16.7 Å². The quantitative estimate of drug-likeness (QED) is 0.560. The molecule has 1 aromatic heterocycles. The summed E-state index contributed by atoms with van der Waals surface area (Å²) in [5.41, 5.74) is 1.65. The fraction of sp³-hybridized carbons (Fsp3) is 0.100. The van der Waals surface area contributed by atoms with E-state index in [-0.39, 0.29) is 5.69 Å². The van der Waals surface area contributed by atoms with Gasteiger partial charge in [0.1, 0.15) is 0 Å². The molecule has 0 radical (unpaired) electrons. The lowest BCUT2D eigenvalue weighted by Crippen LogP contribution is -2.20. The van der Waals surface area contributed by atoms with E-state index in [1.165, 1.54) is 6.07 Å². The van der Waals surface area contributed by atoms with Gasteiger partial charge in [0.2, 0.25) is 0 Å². The van der Waals surface area contributed by atoms with Crippen LogP contribution in [0.15, 0.2) is 67.0 Å². The summed E-state index contributed by atoms with van der Waals surface area (Å²) in [6.45, 7) is 0. The van der Waals surface area contributed by atoms with Crippen molar-refractivity contribution in [2.24, 2.45) is 0 Å². The molecule has 28 heavy (non-hydrogen) atoms. The van der Waals surface area contributed by atoms with Crippen LogP contribution in [0, 0.1) is 0 Å². The van der Waals surface area contributed by atoms with Crippen LogP contribution in [0.3, 0.4) is 0 Å². The summed E-state index contributed by atoms with van der Waals surface area (Å²) in [7, 11) is 0. The van der Waals surface area contributed by atoms with Crippen molar-refractivity contribution in [1.82, 2.24) is 4.98 Å². The van der Waals surface area contributed by atoms with Crippen molar-refractivity contribution >= 4 is 29.0 Å². The molecule has 0 aliphatic heterocycles. The first-order chi connectivity index (χ1) is 13.3. The summed E-state index contributed by atoms with van der Waals surface area (Å²) in [6.07, 6.45) is -0.441. The molecule has 2 aromatic carbocycles. The van der Waals surface area contributed by atoms with Crippen molar-refractivity contribution in [1.29, 1.82) is 0 Å². The Morgan fingerprint density at radius 1 is 0.893 bits per heavy atom. The Morgan fingerprint density at radius 3 is 2.11 bits per heavy atom. The van der Waals surface area contributed by atoms with Gasteiger partial charge in [-0.1, -0.05) is 23.7 Å². The minimum Gasteiger partial charge on any atom is -0.308 e. The fourth-order valence-electron chi connectivity index (χ4n) is 2.56. The molecule has 0 atom stereocenters. The maximum atomic E-state index is 12.9. The summed E-state index contributed by atoms with van der Waals surface area (Å²) < 4.78 is 38.7. The van der Waals surface area contributed by atoms with Gasteiger partial charge in [-0.05, 0) is 60.0 Å². The normalized spacial score (nSPS) is 11.1. The lowest BCUT2D eigenvalue weighted by atomic mass is 10.1. The predicted molar refractivity (Wildman–Crippen MR) is 103 cm³/mol. The number of carbonyl (C=O) groups is 1. The van der Waals surface area contributed by atoms with Gasteiger partial charge in [-0.25, -0.2) is 4.79 Å². The number of carbonyl (C=O) groups excluding carboxylic acids is 1. The second-order valence-corrected chi connectivity index (χ2v) is 6.41. The molecule has 1 heterocycles. The largest absolute Gasteiger partial charge is 0.417 e. The molecular weight excluding hydrogens is 391 g/mol. The minimum absolute atomic E-state index is 0.0106.